The molecule has 0 amide bonds. The molecule has 0 spiro atoms. The molecule has 1 saturated carbocycles. The molecule has 5 heteroatoms. The van der Waals surface area contributed by atoms with Crippen molar-refractivity contribution in [1.29, 1.82) is 0 Å². The van der Waals surface area contributed by atoms with Gasteiger partial charge in [0.25, 0.3) is 0 Å². The Morgan fingerprint density at radius 2 is 1.78 bits per heavy atom. The van der Waals surface area contributed by atoms with Crippen molar-refractivity contribution >= 4 is 22.5 Å². The standard InChI is InChI=1S/C18H20N4O/c23-15-8-6-14(7-9-15)22(13-4-2-1-3-5-13)18-16-10-11-19-17(16)20-12-21-18/h1-5,10-12,14-15,23H,6-9H2,(H,19,20,21). The van der Waals surface area contributed by atoms with Crippen LogP contribution < -0.4 is 4.90 Å². The van der Waals surface area contributed by atoms with E-state index in [1.807, 2.05) is 18.3 Å². The van der Waals surface area contributed by atoms with Crippen LogP contribution in [0.5, 0.6) is 0 Å². The quantitative estimate of drug-likeness (QED) is 0.778. The van der Waals surface area contributed by atoms with E-state index in [0.29, 0.717) is 6.04 Å². The highest BCUT2D eigenvalue weighted by Crippen LogP contribution is 2.35. The Kier molecular flexibility index (Phi) is 3.71. The number of rotatable bonds is 3. The molecule has 3 aromatic rings. The monoisotopic (exact) mass is 308 g/mol. The molecule has 2 N–H and O–H groups in total. The molecule has 1 fully saturated rings. The van der Waals surface area contributed by atoms with Crippen LogP contribution in [-0.4, -0.2) is 32.2 Å². The van der Waals surface area contributed by atoms with Gasteiger partial charge in [-0.3, -0.25) is 0 Å². The lowest BCUT2D eigenvalue weighted by Gasteiger charge is -2.36. The van der Waals surface area contributed by atoms with Crippen LogP contribution in [0.15, 0.2) is 48.9 Å². The second-order valence-corrected chi connectivity index (χ2v) is 6.11. The summed E-state index contributed by atoms with van der Waals surface area (Å²) in [4.78, 5) is 14.4. The maximum absolute atomic E-state index is 9.84. The summed E-state index contributed by atoms with van der Waals surface area (Å²) in [6, 6.07) is 12.7. The minimum Gasteiger partial charge on any atom is -0.393 e. The smallest absolute Gasteiger partial charge is 0.146 e. The van der Waals surface area contributed by atoms with E-state index in [-0.39, 0.29) is 6.10 Å². The van der Waals surface area contributed by atoms with Crippen LogP contribution in [0.4, 0.5) is 11.5 Å². The van der Waals surface area contributed by atoms with Crippen LogP contribution in [0, 0.1) is 0 Å². The number of nitrogens with one attached hydrogen (secondary N) is 1. The Morgan fingerprint density at radius 1 is 1.00 bits per heavy atom. The molecule has 5 nitrogen and oxygen atoms in total. The molecule has 0 bridgehead atoms. The van der Waals surface area contributed by atoms with Crippen molar-refractivity contribution in [1.82, 2.24) is 15.0 Å². The molecule has 0 aliphatic heterocycles. The van der Waals surface area contributed by atoms with Crippen molar-refractivity contribution in [2.24, 2.45) is 0 Å². The van der Waals surface area contributed by atoms with E-state index < -0.39 is 0 Å². The first-order valence-electron chi connectivity index (χ1n) is 8.13. The molecule has 118 valence electrons. The first-order valence-corrected chi connectivity index (χ1v) is 8.13. The van der Waals surface area contributed by atoms with Crippen molar-refractivity contribution < 1.29 is 5.11 Å². The summed E-state index contributed by atoms with van der Waals surface area (Å²) in [5.41, 5.74) is 1.99. The number of aromatic amines is 1. The zero-order chi connectivity index (χ0) is 15.6. The molecule has 1 aromatic carbocycles. The number of hydrogen-bond acceptors (Lipinski definition) is 4. The predicted octanol–water partition coefficient (Wildman–Crippen LogP) is 3.40. The van der Waals surface area contributed by atoms with Gasteiger partial charge in [0.1, 0.15) is 17.8 Å². The average molecular weight is 308 g/mol. The van der Waals surface area contributed by atoms with Gasteiger partial charge in [-0.15, -0.1) is 0 Å². The van der Waals surface area contributed by atoms with Gasteiger partial charge >= 0.3 is 0 Å². The number of nitrogens with zero attached hydrogens (tertiary/aromatic N) is 3. The van der Waals surface area contributed by atoms with Crippen molar-refractivity contribution in [2.45, 2.75) is 37.8 Å². The largest absolute Gasteiger partial charge is 0.393 e. The van der Waals surface area contributed by atoms with Gasteiger partial charge in [-0.25, -0.2) is 9.97 Å². The molecular formula is C18H20N4O. The molecule has 1 aliphatic carbocycles. The lowest BCUT2D eigenvalue weighted by molar-refractivity contribution is 0.123. The molecule has 1 aliphatic rings. The van der Waals surface area contributed by atoms with E-state index in [4.69, 9.17) is 0 Å². The second kappa shape index (κ2) is 6.01. The molecule has 23 heavy (non-hydrogen) atoms. The first kappa shape index (κ1) is 14.2. The third-order valence-electron chi connectivity index (χ3n) is 4.63. The Bertz CT molecular complexity index is 778. The maximum atomic E-state index is 9.84. The summed E-state index contributed by atoms with van der Waals surface area (Å²) in [6.45, 7) is 0. The van der Waals surface area contributed by atoms with E-state index in [1.54, 1.807) is 6.33 Å². The number of aromatic nitrogens is 3. The summed E-state index contributed by atoms with van der Waals surface area (Å²) in [5.74, 6) is 0.934. The number of para-hydroxylation sites is 1. The summed E-state index contributed by atoms with van der Waals surface area (Å²) < 4.78 is 0. The van der Waals surface area contributed by atoms with Gasteiger partial charge in [0.05, 0.1) is 11.5 Å². The Balaban J connectivity index is 1.80. The minimum atomic E-state index is -0.165. The number of hydrogen-bond donors (Lipinski definition) is 2. The maximum Gasteiger partial charge on any atom is 0.146 e. The molecule has 4 rings (SSSR count). The van der Waals surface area contributed by atoms with E-state index in [0.717, 1.165) is 48.2 Å². The summed E-state index contributed by atoms with van der Waals surface area (Å²) >= 11 is 0. The van der Waals surface area contributed by atoms with E-state index >= 15 is 0 Å². The lowest BCUT2D eigenvalue weighted by Crippen LogP contribution is -2.36. The summed E-state index contributed by atoms with van der Waals surface area (Å²) in [5, 5.41) is 10.9. The average Bonchev–Trinajstić information content (AvgIpc) is 3.07. The zero-order valence-corrected chi connectivity index (χ0v) is 12.9. The van der Waals surface area contributed by atoms with Crippen LogP contribution in [0.1, 0.15) is 25.7 Å². The van der Waals surface area contributed by atoms with Crippen LogP contribution >= 0.6 is 0 Å². The van der Waals surface area contributed by atoms with E-state index in [1.165, 1.54) is 0 Å². The molecule has 2 aromatic heterocycles. The second-order valence-electron chi connectivity index (χ2n) is 6.11. The normalized spacial score (nSPS) is 21.4. The van der Waals surface area contributed by atoms with Crippen molar-refractivity contribution in [3.63, 3.8) is 0 Å². The highest BCUT2D eigenvalue weighted by atomic mass is 16.3. The highest BCUT2D eigenvalue weighted by molar-refractivity contribution is 5.89. The molecule has 0 atom stereocenters. The predicted molar refractivity (Wildman–Crippen MR) is 90.7 cm³/mol. The third-order valence-corrected chi connectivity index (χ3v) is 4.63. The van der Waals surface area contributed by atoms with Gasteiger partial charge in [-0.05, 0) is 43.9 Å². The number of anilines is 2. The van der Waals surface area contributed by atoms with Gasteiger partial charge in [0, 0.05) is 17.9 Å². The van der Waals surface area contributed by atoms with Crippen LogP contribution in [0.2, 0.25) is 0 Å². The highest BCUT2D eigenvalue weighted by Gasteiger charge is 2.28. The number of aliphatic hydroxyl groups excluding tert-OH is 1. The SMILES string of the molecule is OC1CCC(N(c2ccccc2)c2ncnc3[nH]ccc23)CC1. The lowest BCUT2D eigenvalue weighted by atomic mass is 9.91. The number of benzene rings is 1. The van der Waals surface area contributed by atoms with Crippen molar-refractivity contribution in [3.8, 4) is 0 Å². The fourth-order valence-electron chi connectivity index (χ4n) is 3.46. The summed E-state index contributed by atoms with van der Waals surface area (Å²) in [7, 11) is 0. The molecule has 0 radical (unpaired) electrons. The van der Waals surface area contributed by atoms with Gasteiger partial charge in [-0.2, -0.15) is 0 Å². The van der Waals surface area contributed by atoms with Crippen molar-refractivity contribution in [3.05, 3.63) is 48.9 Å². The van der Waals surface area contributed by atoms with Gasteiger partial charge in [0.2, 0.25) is 0 Å². The molecule has 0 saturated heterocycles. The number of H-pyrrole nitrogens is 1. The molecular weight excluding hydrogens is 288 g/mol. The van der Waals surface area contributed by atoms with Crippen LogP contribution in [0.25, 0.3) is 11.0 Å². The minimum absolute atomic E-state index is 0.165. The van der Waals surface area contributed by atoms with Gasteiger partial charge in [-0.1, -0.05) is 18.2 Å². The fourth-order valence-corrected chi connectivity index (χ4v) is 3.46. The molecule has 2 heterocycles. The first-order chi connectivity index (χ1) is 11.3. The van der Waals surface area contributed by atoms with E-state index in [2.05, 4.69) is 44.1 Å². The van der Waals surface area contributed by atoms with Gasteiger partial charge in [0.15, 0.2) is 0 Å². The van der Waals surface area contributed by atoms with Crippen LogP contribution in [-0.2, 0) is 0 Å². The number of fused-ring (bicyclic) bond motifs is 1. The fraction of sp³-hybridized carbons (Fsp3) is 0.333. The number of aliphatic hydroxyl groups is 1. The van der Waals surface area contributed by atoms with Gasteiger partial charge < -0.3 is 15.0 Å². The van der Waals surface area contributed by atoms with E-state index in [9.17, 15) is 5.11 Å². The Hall–Kier alpha value is -2.40. The topological polar surface area (TPSA) is 65.0 Å². The Morgan fingerprint density at radius 3 is 2.57 bits per heavy atom. The molecule has 0 unspecified atom stereocenters. The van der Waals surface area contributed by atoms with Crippen molar-refractivity contribution in [2.75, 3.05) is 4.90 Å². The third kappa shape index (κ3) is 2.68. The Labute approximate surface area is 135 Å². The zero-order valence-electron chi connectivity index (χ0n) is 12.9. The van der Waals surface area contributed by atoms with Crippen LogP contribution in [0.3, 0.4) is 0 Å². The summed E-state index contributed by atoms with van der Waals surface area (Å²) in [6.07, 6.45) is 6.96.